The molecule has 2 amide bonds. The highest BCUT2D eigenvalue weighted by Gasteiger charge is 2.43. The predicted molar refractivity (Wildman–Crippen MR) is 95.7 cm³/mol. The van der Waals surface area contributed by atoms with E-state index in [0.717, 1.165) is 51.7 Å². The Kier molecular flexibility index (Phi) is 4.50. The smallest absolute Gasteiger partial charge is 0.223 e. The maximum absolute atomic E-state index is 12.4. The molecule has 0 radical (unpaired) electrons. The fraction of sp³-hybridized carbons (Fsp3) is 0.600. The Bertz CT molecular complexity index is 640. The van der Waals surface area contributed by atoms with Crippen molar-refractivity contribution in [3.63, 3.8) is 0 Å². The molecule has 1 saturated heterocycles. The van der Waals surface area contributed by atoms with Crippen LogP contribution < -0.4 is 10.6 Å². The van der Waals surface area contributed by atoms with Gasteiger partial charge in [0.05, 0.1) is 5.54 Å². The predicted octanol–water partition coefficient (Wildman–Crippen LogP) is 1.68. The molecule has 5 nitrogen and oxygen atoms in total. The highest BCUT2D eigenvalue weighted by molar-refractivity contribution is 5.82. The van der Waals surface area contributed by atoms with Crippen molar-refractivity contribution in [3.05, 3.63) is 35.9 Å². The summed E-state index contributed by atoms with van der Waals surface area (Å²) in [6.45, 7) is 3.18. The molecule has 0 bridgehead atoms. The monoisotopic (exact) mass is 341 g/mol. The number of rotatable bonds is 7. The van der Waals surface area contributed by atoms with Crippen molar-refractivity contribution in [2.24, 2.45) is 11.8 Å². The van der Waals surface area contributed by atoms with Gasteiger partial charge in [-0.05, 0) is 37.7 Å². The first-order chi connectivity index (χ1) is 12.1. The van der Waals surface area contributed by atoms with Crippen molar-refractivity contribution in [1.29, 1.82) is 0 Å². The summed E-state index contributed by atoms with van der Waals surface area (Å²) in [5.41, 5.74) is 0.966. The fourth-order valence-corrected chi connectivity index (χ4v) is 3.68. The van der Waals surface area contributed by atoms with Crippen molar-refractivity contribution >= 4 is 11.8 Å². The second kappa shape index (κ2) is 6.79. The molecule has 2 saturated carbocycles. The zero-order valence-corrected chi connectivity index (χ0v) is 14.7. The average molecular weight is 341 g/mol. The zero-order chi connectivity index (χ0) is 17.3. The molecule has 3 aliphatic rings. The summed E-state index contributed by atoms with van der Waals surface area (Å²) in [5.74, 6) is 0.723. The Hall–Kier alpha value is -1.88. The van der Waals surface area contributed by atoms with Gasteiger partial charge in [0, 0.05) is 38.0 Å². The molecule has 0 aromatic heterocycles. The number of carbonyl (C=O) groups is 2. The van der Waals surface area contributed by atoms with Crippen LogP contribution in [-0.4, -0.2) is 41.9 Å². The molecule has 1 heterocycles. The highest BCUT2D eigenvalue weighted by atomic mass is 16.2. The van der Waals surface area contributed by atoms with Crippen molar-refractivity contribution < 1.29 is 9.59 Å². The van der Waals surface area contributed by atoms with Gasteiger partial charge in [0.2, 0.25) is 11.8 Å². The molecule has 3 fully saturated rings. The van der Waals surface area contributed by atoms with Crippen molar-refractivity contribution in [2.45, 2.75) is 44.2 Å². The van der Waals surface area contributed by atoms with E-state index in [1.54, 1.807) is 0 Å². The minimum Gasteiger partial charge on any atom is -0.353 e. The number of hydrogen-bond acceptors (Lipinski definition) is 3. The summed E-state index contributed by atoms with van der Waals surface area (Å²) in [4.78, 5) is 26.8. The van der Waals surface area contributed by atoms with Gasteiger partial charge in [0.25, 0.3) is 0 Å². The van der Waals surface area contributed by atoms with Gasteiger partial charge in [0.1, 0.15) is 0 Å². The Morgan fingerprint density at radius 3 is 2.40 bits per heavy atom. The number of nitrogens with zero attached hydrogens (tertiary/aromatic N) is 1. The van der Waals surface area contributed by atoms with Gasteiger partial charge in [-0.25, -0.2) is 0 Å². The Morgan fingerprint density at radius 1 is 1.04 bits per heavy atom. The Balaban J connectivity index is 1.39. The van der Waals surface area contributed by atoms with E-state index in [2.05, 4.69) is 39.8 Å². The lowest BCUT2D eigenvalue weighted by atomic mass is 9.97. The first kappa shape index (κ1) is 16.6. The minimum absolute atomic E-state index is 0.154. The van der Waals surface area contributed by atoms with Gasteiger partial charge < -0.3 is 10.6 Å². The summed E-state index contributed by atoms with van der Waals surface area (Å²) in [6, 6.07) is 10.4. The summed E-state index contributed by atoms with van der Waals surface area (Å²) in [6.07, 6.45) is 4.91. The van der Waals surface area contributed by atoms with Crippen LogP contribution in [0.5, 0.6) is 0 Å². The van der Waals surface area contributed by atoms with E-state index in [4.69, 9.17) is 0 Å². The maximum atomic E-state index is 12.4. The molecule has 1 aromatic rings. The van der Waals surface area contributed by atoms with E-state index in [1.807, 2.05) is 6.07 Å². The molecule has 4 rings (SSSR count). The third-order valence-electron chi connectivity index (χ3n) is 5.57. The zero-order valence-electron chi connectivity index (χ0n) is 14.7. The molecule has 2 N–H and O–H groups in total. The molecule has 0 unspecified atom stereocenters. The SMILES string of the molecule is O=C(NC[C@@]1(NC(=O)C2CC2)CCN(Cc2ccccc2)C1)C1CC1. The van der Waals surface area contributed by atoms with Crippen LogP contribution in [0.15, 0.2) is 30.3 Å². The summed E-state index contributed by atoms with van der Waals surface area (Å²) in [7, 11) is 0. The van der Waals surface area contributed by atoms with E-state index in [9.17, 15) is 9.59 Å². The molecule has 1 aromatic carbocycles. The number of likely N-dealkylation sites (tertiary alicyclic amines) is 1. The van der Waals surface area contributed by atoms with E-state index in [1.165, 1.54) is 5.56 Å². The lowest BCUT2D eigenvalue weighted by Gasteiger charge is -2.31. The number of amides is 2. The molecule has 0 spiro atoms. The fourth-order valence-electron chi connectivity index (χ4n) is 3.68. The second-order valence-corrected chi connectivity index (χ2v) is 7.98. The van der Waals surface area contributed by atoms with Gasteiger partial charge in [-0.3, -0.25) is 14.5 Å². The van der Waals surface area contributed by atoms with Crippen LogP contribution in [0.1, 0.15) is 37.7 Å². The van der Waals surface area contributed by atoms with Crippen LogP contribution in [0, 0.1) is 11.8 Å². The van der Waals surface area contributed by atoms with Gasteiger partial charge in [-0.15, -0.1) is 0 Å². The molecule has 1 aliphatic heterocycles. The van der Waals surface area contributed by atoms with Crippen molar-refractivity contribution in [2.75, 3.05) is 19.6 Å². The Labute approximate surface area is 149 Å². The largest absolute Gasteiger partial charge is 0.353 e. The lowest BCUT2D eigenvalue weighted by Crippen LogP contribution is -2.57. The van der Waals surface area contributed by atoms with Gasteiger partial charge in [-0.2, -0.15) is 0 Å². The van der Waals surface area contributed by atoms with Crippen LogP contribution in [0.3, 0.4) is 0 Å². The third-order valence-corrected chi connectivity index (χ3v) is 5.57. The first-order valence-electron chi connectivity index (χ1n) is 9.50. The van der Waals surface area contributed by atoms with Crippen LogP contribution in [-0.2, 0) is 16.1 Å². The van der Waals surface area contributed by atoms with Gasteiger partial charge in [0.15, 0.2) is 0 Å². The number of nitrogens with one attached hydrogen (secondary N) is 2. The molecule has 5 heteroatoms. The van der Waals surface area contributed by atoms with Crippen molar-refractivity contribution in [3.8, 4) is 0 Å². The molecular formula is C20H27N3O2. The topological polar surface area (TPSA) is 61.4 Å². The van der Waals surface area contributed by atoms with Crippen LogP contribution in [0.25, 0.3) is 0 Å². The number of benzene rings is 1. The number of hydrogen-bond donors (Lipinski definition) is 2. The quantitative estimate of drug-likeness (QED) is 0.793. The van der Waals surface area contributed by atoms with E-state index in [0.29, 0.717) is 6.54 Å². The van der Waals surface area contributed by atoms with Crippen molar-refractivity contribution in [1.82, 2.24) is 15.5 Å². The Morgan fingerprint density at radius 2 is 1.72 bits per heavy atom. The molecule has 25 heavy (non-hydrogen) atoms. The van der Waals surface area contributed by atoms with Gasteiger partial charge >= 0.3 is 0 Å². The van der Waals surface area contributed by atoms with Crippen LogP contribution in [0.2, 0.25) is 0 Å². The summed E-state index contributed by atoms with van der Waals surface area (Å²) < 4.78 is 0. The molecule has 2 aliphatic carbocycles. The molecule has 1 atom stereocenters. The summed E-state index contributed by atoms with van der Waals surface area (Å²) in [5, 5.41) is 6.39. The first-order valence-corrected chi connectivity index (χ1v) is 9.50. The normalized spacial score (nSPS) is 26.4. The average Bonchev–Trinajstić information content (AvgIpc) is 3.52. The number of carbonyl (C=O) groups excluding carboxylic acids is 2. The second-order valence-electron chi connectivity index (χ2n) is 7.98. The van der Waals surface area contributed by atoms with Crippen LogP contribution in [0.4, 0.5) is 0 Å². The van der Waals surface area contributed by atoms with E-state index >= 15 is 0 Å². The lowest BCUT2D eigenvalue weighted by molar-refractivity contribution is -0.126. The molecular weight excluding hydrogens is 314 g/mol. The minimum atomic E-state index is -0.320. The van der Waals surface area contributed by atoms with E-state index in [-0.39, 0.29) is 29.2 Å². The van der Waals surface area contributed by atoms with Crippen LogP contribution >= 0.6 is 0 Å². The third kappa shape index (κ3) is 4.21. The maximum Gasteiger partial charge on any atom is 0.223 e. The molecule has 134 valence electrons. The summed E-state index contributed by atoms with van der Waals surface area (Å²) >= 11 is 0. The van der Waals surface area contributed by atoms with Gasteiger partial charge in [-0.1, -0.05) is 30.3 Å². The highest BCUT2D eigenvalue weighted by Crippen LogP contribution is 2.32. The van der Waals surface area contributed by atoms with E-state index < -0.39 is 0 Å². The standard InChI is InChI=1S/C20H27N3O2/c24-18(16-6-7-16)21-13-20(22-19(25)17-8-9-17)10-11-23(14-20)12-15-4-2-1-3-5-15/h1-5,16-17H,6-14H2,(H,21,24)(H,22,25)/t20-/m0/s1.